The van der Waals surface area contributed by atoms with Crippen molar-refractivity contribution in [2.45, 2.75) is 11.3 Å². The highest BCUT2D eigenvalue weighted by atomic mass is 79.9. The minimum atomic E-state index is -3.54. The van der Waals surface area contributed by atoms with Crippen molar-refractivity contribution >= 4 is 47.6 Å². The number of aryl methyl sites for hydroxylation is 1. The van der Waals surface area contributed by atoms with Gasteiger partial charge in [0, 0.05) is 15.5 Å². The quantitative estimate of drug-likeness (QED) is 0.740. The molecule has 2 aromatic carbocycles. The van der Waals surface area contributed by atoms with Crippen LogP contribution in [0, 0.1) is 0 Å². The molecule has 0 atom stereocenters. The summed E-state index contributed by atoms with van der Waals surface area (Å²) in [6.45, 7) is 0. The Bertz CT molecular complexity index is 667. The molecule has 0 heterocycles. The third-order valence-electron chi connectivity index (χ3n) is 2.71. The van der Waals surface area contributed by atoms with Crippen LogP contribution in [0.1, 0.15) is 5.56 Å². The van der Waals surface area contributed by atoms with Gasteiger partial charge < -0.3 is 0 Å². The number of sulfonamides is 1. The summed E-state index contributed by atoms with van der Waals surface area (Å²) in [7, 11) is -3.54. The van der Waals surface area contributed by atoms with Crippen LogP contribution in [0.5, 0.6) is 0 Å². The molecule has 0 bridgehead atoms. The van der Waals surface area contributed by atoms with E-state index in [-0.39, 0.29) is 4.90 Å². The molecular weight excluding hydrogens is 406 g/mol. The fourth-order valence-electron chi connectivity index (χ4n) is 1.68. The molecule has 0 aliphatic carbocycles. The summed E-state index contributed by atoms with van der Waals surface area (Å²) in [4.78, 5) is 0.241. The van der Waals surface area contributed by atoms with Crippen molar-refractivity contribution in [2.75, 3.05) is 10.1 Å². The highest BCUT2D eigenvalue weighted by molar-refractivity contribution is 9.10. The summed E-state index contributed by atoms with van der Waals surface area (Å²) in [6.07, 6.45) is 0.916. The fraction of sp³-hybridized carbons (Fsp3) is 0.143. The molecule has 6 heteroatoms. The first-order valence-electron chi connectivity index (χ1n) is 5.94. The summed E-state index contributed by atoms with van der Waals surface area (Å²) < 4.78 is 27.8. The number of anilines is 1. The predicted molar refractivity (Wildman–Crippen MR) is 88.9 cm³/mol. The first-order valence-corrected chi connectivity index (χ1v) is 9.34. The van der Waals surface area contributed by atoms with Crippen LogP contribution in [0.2, 0.25) is 0 Å². The van der Waals surface area contributed by atoms with Crippen molar-refractivity contribution in [3.63, 3.8) is 0 Å². The Morgan fingerprint density at radius 2 is 1.55 bits per heavy atom. The van der Waals surface area contributed by atoms with E-state index in [2.05, 4.69) is 36.6 Å². The molecule has 106 valence electrons. The number of hydrogen-bond donors (Lipinski definition) is 1. The Labute approximate surface area is 135 Å². The second-order valence-electron chi connectivity index (χ2n) is 4.20. The maximum Gasteiger partial charge on any atom is 0.261 e. The fourth-order valence-corrected chi connectivity index (χ4v) is 3.46. The Morgan fingerprint density at radius 3 is 2.10 bits per heavy atom. The second kappa shape index (κ2) is 6.74. The van der Waals surface area contributed by atoms with Gasteiger partial charge in [0.15, 0.2) is 0 Å². The standard InChI is InChI=1S/C14H13Br2NO2S/c15-10-9-11-1-5-13(6-2-11)17-20(18,19)14-7-3-12(16)4-8-14/h1-8,17H,9-10H2. The van der Waals surface area contributed by atoms with Gasteiger partial charge in [-0.1, -0.05) is 44.0 Å². The molecule has 0 aromatic heterocycles. The molecule has 0 saturated heterocycles. The summed E-state index contributed by atoms with van der Waals surface area (Å²) in [6, 6.07) is 13.9. The molecule has 0 unspecified atom stereocenters. The third kappa shape index (κ3) is 4.07. The van der Waals surface area contributed by atoms with Gasteiger partial charge in [0.25, 0.3) is 10.0 Å². The van der Waals surface area contributed by atoms with Crippen molar-refractivity contribution in [1.82, 2.24) is 0 Å². The Hall–Kier alpha value is -0.850. The minimum absolute atomic E-state index is 0.241. The summed E-state index contributed by atoms with van der Waals surface area (Å²) in [5.41, 5.74) is 1.72. The molecule has 20 heavy (non-hydrogen) atoms. The largest absolute Gasteiger partial charge is 0.280 e. The van der Waals surface area contributed by atoms with E-state index in [1.54, 1.807) is 36.4 Å². The van der Waals surface area contributed by atoms with Gasteiger partial charge in [-0.05, 0) is 48.4 Å². The molecule has 2 aromatic rings. The monoisotopic (exact) mass is 417 g/mol. The number of alkyl halides is 1. The molecule has 2 rings (SSSR count). The first-order chi connectivity index (χ1) is 9.51. The lowest BCUT2D eigenvalue weighted by Gasteiger charge is -2.08. The lowest BCUT2D eigenvalue weighted by Crippen LogP contribution is -2.12. The van der Waals surface area contributed by atoms with E-state index in [4.69, 9.17) is 0 Å². The normalized spacial score (nSPS) is 11.3. The maximum absolute atomic E-state index is 12.2. The average molecular weight is 419 g/mol. The van der Waals surface area contributed by atoms with E-state index in [9.17, 15) is 8.42 Å². The Morgan fingerprint density at radius 1 is 0.950 bits per heavy atom. The van der Waals surface area contributed by atoms with Crippen LogP contribution in [0.4, 0.5) is 5.69 Å². The van der Waals surface area contributed by atoms with Gasteiger partial charge in [-0.25, -0.2) is 8.42 Å². The lowest BCUT2D eigenvalue weighted by atomic mass is 10.2. The van der Waals surface area contributed by atoms with Crippen LogP contribution < -0.4 is 4.72 Å². The topological polar surface area (TPSA) is 46.2 Å². The van der Waals surface area contributed by atoms with Crippen LogP contribution in [0.15, 0.2) is 57.9 Å². The summed E-state index contributed by atoms with van der Waals surface area (Å²) in [5, 5.41) is 0.886. The van der Waals surface area contributed by atoms with Crippen molar-refractivity contribution < 1.29 is 8.42 Å². The number of halogens is 2. The molecular formula is C14H13Br2NO2S. The molecule has 0 amide bonds. The second-order valence-corrected chi connectivity index (χ2v) is 7.59. The SMILES string of the molecule is O=S(=O)(Nc1ccc(CCBr)cc1)c1ccc(Br)cc1. The predicted octanol–water partition coefficient (Wildman–Crippen LogP) is 4.19. The van der Waals surface area contributed by atoms with E-state index in [0.717, 1.165) is 21.8 Å². The molecule has 0 spiro atoms. The molecule has 0 aliphatic heterocycles. The van der Waals surface area contributed by atoms with E-state index >= 15 is 0 Å². The molecule has 1 N–H and O–H groups in total. The van der Waals surface area contributed by atoms with Crippen molar-refractivity contribution in [3.8, 4) is 0 Å². The molecule has 0 saturated carbocycles. The van der Waals surface area contributed by atoms with Crippen molar-refractivity contribution in [1.29, 1.82) is 0 Å². The van der Waals surface area contributed by atoms with Gasteiger partial charge in [0.2, 0.25) is 0 Å². The van der Waals surface area contributed by atoms with Crippen LogP contribution in [-0.2, 0) is 16.4 Å². The van der Waals surface area contributed by atoms with E-state index < -0.39 is 10.0 Å². The van der Waals surface area contributed by atoms with Gasteiger partial charge in [-0.15, -0.1) is 0 Å². The number of hydrogen-bond acceptors (Lipinski definition) is 2. The van der Waals surface area contributed by atoms with Gasteiger partial charge >= 0.3 is 0 Å². The molecule has 0 aliphatic rings. The van der Waals surface area contributed by atoms with Gasteiger partial charge in [0.05, 0.1) is 4.90 Å². The maximum atomic E-state index is 12.2. The summed E-state index contributed by atoms with van der Waals surface area (Å²) >= 11 is 6.66. The molecule has 0 radical (unpaired) electrons. The highest BCUT2D eigenvalue weighted by Crippen LogP contribution is 2.19. The van der Waals surface area contributed by atoms with Gasteiger partial charge in [-0.3, -0.25) is 4.72 Å². The van der Waals surface area contributed by atoms with Crippen molar-refractivity contribution in [2.24, 2.45) is 0 Å². The van der Waals surface area contributed by atoms with Gasteiger partial charge in [-0.2, -0.15) is 0 Å². The lowest BCUT2D eigenvalue weighted by molar-refractivity contribution is 0.601. The third-order valence-corrected chi connectivity index (χ3v) is 5.04. The average Bonchev–Trinajstić information content (AvgIpc) is 2.41. The van der Waals surface area contributed by atoms with Gasteiger partial charge in [0.1, 0.15) is 0 Å². The van der Waals surface area contributed by atoms with Crippen LogP contribution in [0.25, 0.3) is 0 Å². The van der Waals surface area contributed by atoms with Crippen LogP contribution in [0.3, 0.4) is 0 Å². The summed E-state index contributed by atoms with van der Waals surface area (Å²) in [5.74, 6) is 0. The first kappa shape index (κ1) is 15.5. The number of rotatable bonds is 5. The van der Waals surface area contributed by atoms with E-state index in [1.807, 2.05) is 12.1 Å². The zero-order valence-corrected chi connectivity index (χ0v) is 14.5. The molecule has 3 nitrogen and oxygen atoms in total. The minimum Gasteiger partial charge on any atom is -0.280 e. The Balaban J connectivity index is 2.17. The smallest absolute Gasteiger partial charge is 0.261 e. The van der Waals surface area contributed by atoms with Crippen molar-refractivity contribution in [3.05, 3.63) is 58.6 Å². The van der Waals surface area contributed by atoms with Crippen LogP contribution >= 0.6 is 31.9 Å². The Kier molecular flexibility index (Phi) is 5.23. The van der Waals surface area contributed by atoms with E-state index in [1.165, 1.54) is 0 Å². The van der Waals surface area contributed by atoms with E-state index in [0.29, 0.717) is 5.69 Å². The zero-order chi connectivity index (χ0) is 14.6. The van der Waals surface area contributed by atoms with Crippen LogP contribution in [-0.4, -0.2) is 13.7 Å². The highest BCUT2D eigenvalue weighted by Gasteiger charge is 2.13. The number of benzene rings is 2. The number of nitrogens with one attached hydrogen (secondary N) is 1. The zero-order valence-electron chi connectivity index (χ0n) is 10.5. The molecule has 0 fully saturated rings.